The number of phenolic OH excluding ortho intramolecular Hbond substituents is 1. The largest absolute Gasteiger partial charge is 0.503 e. The molecule has 1 aliphatic rings. The molecule has 0 saturated heterocycles. The number of aromatic hydroxyl groups is 1. The molecule has 1 aliphatic carbocycles. The smallest absolute Gasteiger partial charge is 0.276 e. The van der Waals surface area contributed by atoms with Gasteiger partial charge in [-0.15, -0.1) is 0 Å². The number of aromatic nitrogens is 2. The Hall–Kier alpha value is -2.44. The van der Waals surface area contributed by atoms with E-state index in [0.717, 1.165) is 30.7 Å². The maximum atomic E-state index is 13.7. The van der Waals surface area contributed by atoms with Gasteiger partial charge < -0.3 is 10.4 Å². The standard InChI is InChI=1S/C16H17F2N3O2/c1-8-7-13(20-21(8)9(2)10-3-4-10)16(23)19-12-6-5-11(17)15(22)14(12)18/h5-7,9-10,22H,3-4H2,1-2H3,(H,19,23). The van der Waals surface area contributed by atoms with Crippen LogP contribution in [0.1, 0.15) is 42.0 Å². The summed E-state index contributed by atoms with van der Waals surface area (Å²) in [5.74, 6) is -3.44. The third kappa shape index (κ3) is 2.91. The molecule has 1 fully saturated rings. The van der Waals surface area contributed by atoms with E-state index in [-0.39, 0.29) is 17.4 Å². The Bertz CT molecular complexity index is 769. The van der Waals surface area contributed by atoms with Crippen molar-refractivity contribution in [1.29, 1.82) is 0 Å². The molecule has 1 heterocycles. The topological polar surface area (TPSA) is 67.2 Å². The Balaban J connectivity index is 1.81. The van der Waals surface area contributed by atoms with Gasteiger partial charge in [-0.2, -0.15) is 5.10 Å². The number of hydrogen-bond donors (Lipinski definition) is 2. The molecular weight excluding hydrogens is 304 g/mol. The Kier molecular flexibility index (Phi) is 3.79. The van der Waals surface area contributed by atoms with Gasteiger partial charge in [0.1, 0.15) is 0 Å². The van der Waals surface area contributed by atoms with Crippen molar-refractivity contribution in [1.82, 2.24) is 9.78 Å². The first-order chi connectivity index (χ1) is 10.9. The van der Waals surface area contributed by atoms with Gasteiger partial charge in [-0.05, 0) is 50.8 Å². The lowest BCUT2D eigenvalue weighted by molar-refractivity contribution is 0.102. The van der Waals surface area contributed by atoms with Crippen LogP contribution in [0.4, 0.5) is 14.5 Å². The van der Waals surface area contributed by atoms with Crippen molar-refractivity contribution in [3.8, 4) is 5.75 Å². The average Bonchev–Trinajstić information content (AvgIpc) is 3.29. The molecule has 2 N–H and O–H groups in total. The second kappa shape index (κ2) is 5.64. The lowest BCUT2D eigenvalue weighted by Crippen LogP contribution is -2.16. The molecule has 0 bridgehead atoms. The van der Waals surface area contributed by atoms with Gasteiger partial charge in [-0.25, -0.2) is 8.78 Å². The van der Waals surface area contributed by atoms with Gasteiger partial charge in [0.05, 0.1) is 11.7 Å². The first-order valence-corrected chi connectivity index (χ1v) is 7.43. The van der Waals surface area contributed by atoms with Crippen LogP contribution in [0, 0.1) is 24.5 Å². The van der Waals surface area contributed by atoms with E-state index in [1.54, 1.807) is 10.7 Å². The van der Waals surface area contributed by atoms with Gasteiger partial charge in [-0.1, -0.05) is 0 Å². The van der Waals surface area contributed by atoms with Crippen molar-refractivity contribution in [2.75, 3.05) is 5.32 Å². The van der Waals surface area contributed by atoms with E-state index in [2.05, 4.69) is 17.3 Å². The molecule has 122 valence electrons. The molecule has 0 radical (unpaired) electrons. The minimum atomic E-state index is -1.21. The molecule has 1 saturated carbocycles. The van der Waals surface area contributed by atoms with Crippen molar-refractivity contribution in [2.45, 2.75) is 32.7 Å². The van der Waals surface area contributed by atoms with E-state index in [1.807, 2.05) is 6.92 Å². The number of carbonyl (C=O) groups excluding carboxylic acids is 1. The van der Waals surface area contributed by atoms with E-state index in [4.69, 9.17) is 0 Å². The van der Waals surface area contributed by atoms with Crippen LogP contribution in [0.2, 0.25) is 0 Å². The lowest BCUT2D eigenvalue weighted by atomic mass is 10.2. The van der Waals surface area contributed by atoms with Crippen molar-refractivity contribution in [3.05, 3.63) is 41.2 Å². The van der Waals surface area contributed by atoms with E-state index in [9.17, 15) is 18.7 Å². The molecule has 1 aromatic heterocycles. The fraction of sp³-hybridized carbons (Fsp3) is 0.375. The molecule has 1 aromatic carbocycles. The number of aryl methyl sites for hydroxylation is 1. The minimum absolute atomic E-state index is 0.151. The predicted molar refractivity (Wildman–Crippen MR) is 80.4 cm³/mol. The number of nitrogens with one attached hydrogen (secondary N) is 1. The zero-order valence-corrected chi connectivity index (χ0v) is 12.8. The molecule has 2 aromatic rings. The number of benzene rings is 1. The third-order valence-corrected chi connectivity index (χ3v) is 4.16. The van der Waals surface area contributed by atoms with E-state index in [1.165, 1.54) is 0 Å². The molecule has 1 unspecified atom stereocenters. The summed E-state index contributed by atoms with van der Waals surface area (Å²) in [6.45, 7) is 3.91. The normalized spacial score (nSPS) is 15.5. The van der Waals surface area contributed by atoms with Gasteiger partial charge in [-0.3, -0.25) is 9.48 Å². The van der Waals surface area contributed by atoms with Gasteiger partial charge in [0.15, 0.2) is 23.1 Å². The highest BCUT2D eigenvalue weighted by atomic mass is 19.1. The number of phenols is 1. The third-order valence-electron chi connectivity index (χ3n) is 4.16. The first-order valence-electron chi connectivity index (χ1n) is 7.43. The minimum Gasteiger partial charge on any atom is -0.503 e. The molecule has 1 amide bonds. The summed E-state index contributed by atoms with van der Waals surface area (Å²) in [4.78, 5) is 12.2. The summed E-state index contributed by atoms with van der Waals surface area (Å²) in [6, 6.07) is 3.77. The molecule has 0 spiro atoms. The number of nitrogens with zero attached hydrogens (tertiary/aromatic N) is 2. The number of anilines is 1. The Morgan fingerprint density at radius 1 is 1.43 bits per heavy atom. The zero-order valence-electron chi connectivity index (χ0n) is 12.8. The fourth-order valence-corrected chi connectivity index (χ4v) is 2.61. The number of hydrogen-bond acceptors (Lipinski definition) is 3. The molecular formula is C16H17F2N3O2. The number of amides is 1. The van der Waals surface area contributed by atoms with Gasteiger partial charge in [0, 0.05) is 5.69 Å². The van der Waals surface area contributed by atoms with Gasteiger partial charge >= 0.3 is 0 Å². The predicted octanol–water partition coefficient (Wildman–Crippen LogP) is 3.40. The van der Waals surface area contributed by atoms with Crippen molar-refractivity contribution < 1.29 is 18.7 Å². The van der Waals surface area contributed by atoms with Crippen LogP contribution in [-0.4, -0.2) is 20.8 Å². The van der Waals surface area contributed by atoms with E-state index in [0.29, 0.717) is 5.92 Å². The second-order valence-electron chi connectivity index (χ2n) is 5.91. The molecule has 23 heavy (non-hydrogen) atoms. The molecule has 5 nitrogen and oxygen atoms in total. The van der Waals surface area contributed by atoms with E-state index < -0.39 is 23.3 Å². The Morgan fingerprint density at radius 3 is 2.78 bits per heavy atom. The quantitative estimate of drug-likeness (QED) is 0.907. The van der Waals surface area contributed by atoms with Crippen molar-refractivity contribution in [2.24, 2.45) is 5.92 Å². The summed E-state index contributed by atoms with van der Waals surface area (Å²) >= 11 is 0. The Labute approximate surface area is 131 Å². The Morgan fingerprint density at radius 2 is 2.13 bits per heavy atom. The zero-order chi connectivity index (χ0) is 16.7. The van der Waals surface area contributed by atoms with Gasteiger partial charge in [0.2, 0.25) is 0 Å². The molecule has 0 aliphatic heterocycles. The van der Waals surface area contributed by atoms with Gasteiger partial charge in [0.25, 0.3) is 5.91 Å². The molecule has 7 heteroatoms. The van der Waals surface area contributed by atoms with Crippen LogP contribution in [0.25, 0.3) is 0 Å². The number of carbonyl (C=O) groups is 1. The molecule has 3 rings (SSSR count). The van der Waals surface area contributed by atoms with Crippen LogP contribution in [0.15, 0.2) is 18.2 Å². The SMILES string of the molecule is Cc1cc(C(=O)Nc2ccc(F)c(O)c2F)nn1C(C)C1CC1. The van der Waals surface area contributed by atoms with Crippen LogP contribution in [0.3, 0.4) is 0 Å². The van der Waals surface area contributed by atoms with Crippen LogP contribution < -0.4 is 5.32 Å². The number of rotatable bonds is 4. The second-order valence-corrected chi connectivity index (χ2v) is 5.91. The molecule has 1 atom stereocenters. The monoisotopic (exact) mass is 321 g/mol. The highest BCUT2D eigenvalue weighted by Crippen LogP contribution is 2.39. The fourth-order valence-electron chi connectivity index (χ4n) is 2.61. The highest BCUT2D eigenvalue weighted by molar-refractivity contribution is 6.03. The maximum Gasteiger partial charge on any atom is 0.276 e. The summed E-state index contributed by atoms with van der Waals surface area (Å²) in [6.07, 6.45) is 2.31. The summed E-state index contributed by atoms with van der Waals surface area (Å²) < 4.78 is 28.6. The summed E-state index contributed by atoms with van der Waals surface area (Å²) in [5.41, 5.74) is 0.700. The van der Waals surface area contributed by atoms with Crippen molar-refractivity contribution >= 4 is 11.6 Å². The first kappa shape index (κ1) is 15.5. The maximum absolute atomic E-state index is 13.7. The highest BCUT2D eigenvalue weighted by Gasteiger charge is 2.31. The van der Waals surface area contributed by atoms with Crippen LogP contribution in [0.5, 0.6) is 5.75 Å². The summed E-state index contributed by atoms with van der Waals surface area (Å²) in [7, 11) is 0. The number of halogens is 2. The van der Waals surface area contributed by atoms with Crippen LogP contribution >= 0.6 is 0 Å². The lowest BCUT2D eigenvalue weighted by Gasteiger charge is -2.12. The van der Waals surface area contributed by atoms with Crippen molar-refractivity contribution in [3.63, 3.8) is 0 Å². The van der Waals surface area contributed by atoms with Crippen LogP contribution in [-0.2, 0) is 0 Å². The summed E-state index contributed by atoms with van der Waals surface area (Å²) in [5, 5.41) is 15.8. The van der Waals surface area contributed by atoms with E-state index >= 15 is 0 Å². The average molecular weight is 321 g/mol.